The lowest BCUT2D eigenvalue weighted by Crippen LogP contribution is -2.38. The number of rotatable bonds is 10. The fraction of sp³-hybridized carbons (Fsp3) is 0.257. The minimum absolute atomic E-state index is 0.113. The molecule has 4 heterocycles. The fourth-order valence-corrected chi connectivity index (χ4v) is 6.24. The molecule has 0 saturated carbocycles. The summed E-state index contributed by atoms with van der Waals surface area (Å²) in [7, 11) is 0. The lowest BCUT2D eigenvalue weighted by atomic mass is 9.97. The summed E-state index contributed by atoms with van der Waals surface area (Å²) in [6.07, 6.45) is 5.31. The first-order valence-electron chi connectivity index (χ1n) is 15.3. The highest BCUT2D eigenvalue weighted by Crippen LogP contribution is 2.26. The van der Waals surface area contributed by atoms with E-state index in [-0.39, 0.29) is 11.1 Å². The molecular weight excluding hydrogens is 598 g/mol. The van der Waals surface area contributed by atoms with Crippen molar-refractivity contribution in [3.8, 4) is 11.3 Å². The zero-order valence-electron chi connectivity index (χ0n) is 25.5. The van der Waals surface area contributed by atoms with Crippen LogP contribution >= 0.6 is 11.8 Å². The summed E-state index contributed by atoms with van der Waals surface area (Å²) in [5.41, 5.74) is 6.09. The van der Waals surface area contributed by atoms with Crippen LogP contribution in [-0.4, -0.2) is 51.6 Å². The van der Waals surface area contributed by atoms with Crippen LogP contribution in [0.5, 0.6) is 0 Å². The van der Waals surface area contributed by atoms with E-state index in [0.717, 1.165) is 72.3 Å². The predicted molar refractivity (Wildman–Crippen MR) is 180 cm³/mol. The van der Waals surface area contributed by atoms with Crippen LogP contribution < -0.4 is 20.9 Å². The number of carbonyl (C=O) groups excluding carboxylic acids is 3. The van der Waals surface area contributed by atoms with Gasteiger partial charge in [-0.1, -0.05) is 42.5 Å². The summed E-state index contributed by atoms with van der Waals surface area (Å²) >= 11 is 0.880. The van der Waals surface area contributed by atoms with E-state index >= 15 is 0 Å². The van der Waals surface area contributed by atoms with Crippen molar-refractivity contribution in [2.24, 2.45) is 5.92 Å². The lowest BCUT2D eigenvalue weighted by Gasteiger charge is -2.32. The van der Waals surface area contributed by atoms with Crippen LogP contribution in [-0.2, 0) is 17.9 Å². The molecule has 2 aliphatic heterocycles. The van der Waals surface area contributed by atoms with Gasteiger partial charge in [-0.15, -0.1) is 0 Å². The van der Waals surface area contributed by atoms with Crippen LogP contribution in [0.1, 0.15) is 45.7 Å². The van der Waals surface area contributed by atoms with Gasteiger partial charge < -0.3 is 15.5 Å². The molecule has 0 atom stereocenters. The van der Waals surface area contributed by atoms with Crippen LogP contribution in [0.25, 0.3) is 17.3 Å². The van der Waals surface area contributed by atoms with Crippen LogP contribution in [0.4, 0.5) is 10.7 Å². The quantitative estimate of drug-likeness (QED) is 0.204. The smallest absolute Gasteiger partial charge is 0.290 e. The molecule has 2 aliphatic rings. The van der Waals surface area contributed by atoms with Crippen LogP contribution in [0.2, 0.25) is 0 Å². The number of aromatic nitrogens is 3. The molecule has 11 heteroatoms. The molecule has 0 bridgehead atoms. The normalized spacial score (nSPS) is 16.1. The number of amides is 3. The number of carbonyl (C=O) groups is 3. The topological polar surface area (TPSA) is 129 Å². The Bertz CT molecular complexity index is 1770. The molecule has 4 aromatic rings. The van der Waals surface area contributed by atoms with Gasteiger partial charge in [0, 0.05) is 43.5 Å². The Morgan fingerprint density at radius 1 is 1.00 bits per heavy atom. The third kappa shape index (κ3) is 8.04. The molecule has 2 saturated heterocycles. The minimum atomic E-state index is -0.394. The van der Waals surface area contributed by atoms with Gasteiger partial charge in [0.25, 0.3) is 17.1 Å². The highest BCUT2D eigenvalue weighted by atomic mass is 32.2. The summed E-state index contributed by atoms with van der Waals surface area (Å²) in [6.45, 7) is 5.74. The monoisotopic (exact) mass is 633 g/mol. The Kier molecular flexibility index (Phi) is 9.80. The number of hydrogen-bond acceptors (Lipinski definition) is 9. The van der Waals surface area contributed by atoms with Crippen LogP contribution in [0.15, 0.2) is 83.9 Å². The van der Waals surface area contributed by atoms with Gasteiger partial charge >= 0.3 is 0 Å². The second-order valence-corrected chi connectivity index (χ2v) is 12.5. The number of hydrogen-bond donors (Lipinski definition) is 3. The zero-order chi connectivity index (χ0) is 31.9. The first kappa shape index (κ1) is 31.1. The first-order valence-corrected chi connectivity index (χ1v) is 16.1. The van der Waals surface area contributed by atoms with Gasteiger partial charge in [0.05, 0.1) is 22.0 Å². The third-order valence-corrected chi connectivity index (χ3v) is 8.77. The Hall–Kier alpha value is -4.87. The van der Waals surface area contributed by atoms with Gasteiger partial charge in [-0.3, -0.25) is 24.7 Å². The van der Waals surface area contributed by atoms with Crippen molar-refractivity contribution in [1.82, 2.24) is 30.9 Å². The number of thioether (sulfide) groups is 1. The van der Waals surface area contributed by atoms with Gasteiger partial charge in [0.15, 0.2) is 0 Å². The van der Waals surface area contributed by atoms with E-state index in [2.05, 4.69) is 49.9 Å². The van der Waals surface area contributed by atoms with Crippen molar-refractivity contribution >= 4 is 40.8 Å². The molecule has 6 rings (SSSR count). The van der Waals surface area contributed by atoms with Crippen molar-refractivity contribution in [3.63, 3.8) is 0 Å². The molecule has 0 spiro atoms. The second kappa shape index (κ2) is 14.5. The molecule has 234 valence electrons. The number of piperidine rings is 1. The van der Waals surface area contributed by atoms with Gasteiger partial charge in [0.2, 0.25) is 5.95 Å². The average molecular weight is 634 g/mol. The third-order valence-electron chi connectivity index (χ3n) is 7.96. The van der Waals surface area contributed by atoms with E-state index in [1.807, 2.05) is 54.6 Å². The molecule has 10 nitrogen and oxygen atoms in total. The molecule has 2 fully saturated rings. The number of pyridine rings is 1. The highest BCUT2D eigenvalue weighted by molar-refractivity contribution is 8.18. The molecule has 0 aliphatic carbocycles. The second-order valence-electron chi connectivity index (χ2n) is 11.5. The molecule has 3 N–H and O–H groups in total. The molecular formula is C35H35N7O3S. The summed E-state index contributed by atoms with van der Waals surface area (Å²) in [5.74, 6) is 0.637. The van der Waals surface area contributed by atoms with Gasteiger partial charge in [-0.2, -0.15) is 0 Å². The van der Waals surface area contributed by atoms with Crippen LogP contribution in [0, 0.1) is 12.8 Å². The number of benzene rings is 2. The van der Waals surface area contributed by atoms with Gasteiger partial charge in [-0.05, 0) is 91.5 Å². The van der Waals surface area contributed by atoms with Crippen molar-refractivity contribution in [2.75, 3.05) is 24.5 Å². The van der Waals surface area contributed by atoms with Crippen LogP contribution in [0.3, 0.4) is 0 Å². The number of aryl methyl sites for hydroxylation is 1. The van der Waals surface area contributed by atoms with Gasteiger partial charge in [0.1, 0.15) is 0 Å². The maximum Gasteiger partial charge on any atom is 0.290 e. The number of nitrogens with one attached hydrogen (secondary N) is 3. The molecule has 46 heavy (non-hydrogen) atoms. The number of anilines is 1. The maximum atomic E-state index is 12.8. The van der Waals surface area contributed by atoms with Crippen molar-refractivity contribution in [1.29, 1.82) is 0 Å². The van der Waals surface area contributed by atoms with E-state index < -0.39 is 5.91 Å². The Morgan fingerprint density at radius 3 is 2.61 bits per heavy atom. The fourth-order valence-electron chi connectivity index (χ4n) is 5.57. The van der Waals surface area contributed by atoms with Crippen molar-refractivity contribution in [2.45, 2.75) is 32.9 Å². The summed E-state index contributed by atoms with van der Waals surface area (Å²) in [4.78, 5) is 52.7. The largest absolute Gasteiger partial charge is 0.348 e. The first-order chi connectivity index (χ1) is 22.4. The average Bonchev–Trinajstić information content (AvgIpc) is 3.39. The maximum absolute atomic E-state index is 12.8. The molecule has 0 radical (unpaired) electrons. The minimum Gasteiger partial charge on any atom is -0.348 e. The number of nitrogens with zero attached hydrogens (tertiary/aromatic N) is 4. The van der Waals surface area contributed by atoms with Crippen molar-refractivity contribution in [3.05, 3.63) is 112 Å². The van der Waals surface area contributed by atoms with E-state index in [0.29, 0.717) is 41.1 Å². The lowest BCUT2D eigenvalue weighted by molar-refractivity contribution is -0.115. The molecule has 0 unspecified atom stereocenters. The number of imide groups is 1. The molecule has 2 aromatic heterocycles. The van der Waals surface area contributed by atoms with Gasteiger partial charge in [-0.25, -0.2) is 9.97 Å². The van der Waals surface area contributed by atoms with E-state index in [4.69, 9.17) is 4.98 Å². The van der Waals surface area contributed by atoms with E-state index in [9.17, 15) is 14.4 Å². The Labute approximate surface area is 272 Å². The zero-order valence-corrected chi connectivity index (χ0v) is 26.3. The summed E-state index contributed by atoms with van der Waals surface area (Å²) in [6, 6.07) is 23.4. The molecule has 3 amide bonds. The summed E-state index contributed by atoms with van der Waals surface area (Å²) in [5, 5.41) is 8.49. The highest BCUT2D eigenvalue weighted by Gasteiger charge is 2.26. The molecule has 2 aromatic carbocycles. The van der Waals surface area contributed by atoms with Crippen molar-refractivity contribution < 1.29 is 14.4 Å². The van der Waals surface area contributed by atoms with E-state index in [1.54, 1.807) is 18.3 Å². The Balaban J connectivity index is 1.00. The summed E-state index contributed by atoms with van der Waals surface area (Å²) < 4.78 is 0. The van der Waals surface area contributed by atoms with E-state index in [1.165, 1.54) is 0 Å². The Morgan fingerprint density at radius 2 is 1.83 bits per heavy atom. The SMILES string of the molecule is Cc1cc(CNCC2CCN(c3nccc(/C=C4\SC(=O)NC4=O)n3)CC2)nc(-c2cccc(C(=O)NCc3ccccc3)c2)c1. The predicted octanol–water partition coefficient (Wildman–Crippen LogP) is 5.11. The standard InChI is InChI=1S/C35H35N7O3S/c1-23-16-29(39-30(17-23)26-8-5-9-27(18-26)32(43)38-21-24-6-3-2-4-7-24)22-36-20-25-11-14-42(15-12-25)34-37-13-10-28(40-34)19-31-33(44)41-35(45)46-31/h2-10,13,16-19,25,36H,11-12,14-15,20-22H2,1H3,(H,38,43)(H,41,44,45)/b31-19-.